The summed E-state index contributed by atoms with van der Waals surface area (Å²) in [5.74, 6) is 0.848. The molecule has 8 nitrogen and oxygen atoms in total. The van der Waals surface area contributed by atoms with Crippen molar-refractivity contribution in [2.75, 3.05) is 14.1 Å². The topological polar surface area (TPSA) is 85.4 Å². The second kappa shape index (κ2) is 10.8. The minimum atomic E-state index is -0.584. The van der Waals surface area contributed by atoms with E-state index < -0.39 is 11.2 Å². The van der Waals surface area contributed by atoms with Crippen LogP contribution >= 0.6 is 0 Å². The summed E-state index contributed by atoms with van der Waals surface area (Å²) < 4.78 is 17.8. The average Bonchev–Trinajstić information content (AvgIpc) is 3.49. The minimum absolute atomic E-state index is 0.0124. The molecule has 0 heterocycles. The van der Waals surface area contributed by atoms with E-state index in [2.05, 4.69) is 34.6 Å². The molecule has 0 aromatic heterocycles. The van der Waals surface area contributed by atoms with Gasteiger partial charge in [-0.05, 0) is 139 Å². The van der Waals surface area contributed by atoms with Crippen LogP contribution < -0.4 is 0 Å². The van der Waals surface area contributed by atoms with Crippen LogP contribution in [0, 0.1) is 44.8 Å². The van der Waals surface area contributed by atoms with Crippen LogP contribution in [-0.4, -0.2) is 71.4 Å². The third-order valence-corrected chi connectivity index (χ3v) is 14.4. The Morgan fingerprint density at radius 2 is 1.30 bits per heavy atom. The van der Waals surface area contributed by atoms with Crippen molar-refractivity contribution in [3.8, 4) is 0 Å². The van der Waals surface area contributed by atoms with Crippen LogP contribution in [0.2, 0.25) is 0 Å². The fourth-order valence-electron chi connectivity index (χ4n) is 12.5. The lowest BCUT2D eigenvalue weighted by Gasteiger charge is -2.64. The van der Waals surface area contributed by atoms with Crippen LogP contribution in [-0.2, 0) is 19.0 Å². The van der Waals surface area contributed by atoms with Crippen LogP contribution in [0.1, 0.15) is 134 Å². The first-order chi connectivity index (χ1) is 20.9. The van der Waals surface area contributed by atoms with Crippen LogP contribution in [0.4, 0.5) is 9.59 Å². The van der Waals surface area contributed by atoms with Crippen molar-refractivity contribution in [3.05, 3.63) is 0 Å². The molecule has 0 aromatic carbocycles. The van der Waals surface area contributed by atoms with Gasteiger partial charge in [-0.15, -0.1) is 0 Å². The summed E-state index contributed by atoms with van der Waals surface area (Å²) in [6.45, 7) is 24.9. The van der Waals surface area contributed by atoms with Crippen LogP contribution in [0.15, 0.2) is 0 Å². The first-order valence-corrected chi connectivity index (χ1v) is 18.0. The van der Waals surface area contributed by atoms with Crippen molar-refractivity contribution in [2.45, 2.75) is 164 Å². The van der Waals surface area contributed by atoms with Gasteiger partial charge in [-0.25, -0.2) is 9.59 Å². The number of hydrogen-bond acceptors (Lipinski definition) is 6. The number of amides is 2. The number of esters is 1. The molecule has 0 saturated heterocycles. The van der Waals surface area contributed by atoms with E-state index in [1.54, 1.807) is 4.90 Å². The van der Waals surface area contributed by atoms with Crippen molar-refractivity contribution >= 4 is 18.2 Å². The molecule has 5 fully saturated rings. The van der Waals surface area contributed by atoms with E-state index in [0.29, 0.717) is 17.3 Å². The van der Waals surface area contributed by atoms with Gasteiger partial charge in [-0.3, -0.25) is 4.79 Å². The number of carbonyl (C=O) groups is 3. The molecule has 5 aliphatic carbocycles. The number of rotatable bonds is 4. The Labute approximate surface area is 279 Å². The predicted octanol–water partition coefficient (Wildman–Crippen LogP) is 8.46. The summed E-state index contributed by atoms with van der Waals surface area (Å²) >= 11 is 0. The molecule has 0 bridgehead atoms. The lowest BCUT2D eigenvalue weighted by Crippen LogP contribution is -2.61. The summed E-state index contributed by atoms with van der Waals surface area (Å²) in [4.78, 5) is 42.7. The molecule has 0 aliphatic heterocycles. The second-order valence-electron chi connectivity index (χ2n) is 19.2. The molecule has 262 valence electrons. The van der Waals surface area contributed by atoms with E-state index >= 15 is 0 Å². The van der Waals surface area contributed by atoms with Gasteiger partial charge in [0.25, 0.3) is 0 Å². The number of nitrogens with zero attached hydrogens (tertiary/aromatic N) is 2. The van der Waals surface area contributed by atoms with Gasteiger partial charge in [0.1, 0.15) is 17.3 Å². The van der Waals surface area contributed by atoms with Crippen molar-refractivity contribution in [3.63, 3.8) is 0 Å². The molecule has 5 rings (SSSR count). The Morgan fingerprint density at radius 3 is 1.87 bits per heavy atom. The second-order valence-corrected chi connectivity index (χ2v) is 19.2. The Bertz CT molecular complexity index is 1250. The molecule has 5 saturated carbocycles. The summed E-state index contributed by atoms with van der Waals surface area (Å²) in [6, 6.07) is -0.00703. The third-order valence-electron chi connectivity index (χ3n) is 14.4. The van der Waals surface area contributed by atoms with Gasteiger partial charge in [0.05, 0.1) is 0 Å². The molecule has 0 radical (unpaired) electrons. The van der Waals surface area contributed by atoms with E-state index in [1.807, 2.05) is 60.5 Å². The summed E-state index contributed by atoms with van der Waals surface area (Å²) in [5, 5.41) is 0. The highest BCUT2D eigenvalue weighted by atomic mass is 16.6. The quantitative estimate of drug-likeness (QED) is 0.226. The maximum absolute atomic E-state index is 13.3. The molecule has 10 atom stereocenters. The first-order valence-electron chi connectivity index (χ1n) is 18.0. The minimum Gasteiger partial charge on any atom is -0.462 e. The zero-order valence-electron chi connectivity index (χ0n) is 31.5. The normalized spacial score (nSPS) is 41.5. The maximum atomic E-state index is 13.3. The molecular weight excluding hydrogens is 580 g/mol. The SMILES string of the molecule is CC(=O)O[C@@H]1C[C@@]2(C)[C@@H]3CC[C@H]4C(C)(C)[C@@H](N(C)C(=O)OC(C)(C)C)CC[C@@]45C[C@@]35CC[C@]2(C)C1[C@H](C)N(C)C(=O)OC(C)(C)C. The highest BCUT2D eigenvalue weighted by Gasteiger charge is 2.83. The summed E-state index contributed by atoms with van der Waals surface area (Å²) in [7, 11) is 3.77. The van der Waals surface area contributed by atoms with Gasteiger partial charge in [-0.1, -0.05) is 27.7 Å². The molecule has 0 N–H and O–H groups in total. The third kappa shape index (κ3) is 5.16. The monoisotopic (exact) mass is 644 g/mol. The van der Waals surface area contributed by atoms with Gasteiger partial charge in [0.2, 0.25) is 0 Å². The Morgan fingerprint density at radius 1 is 0.761 bits per heavy atom. The van der Waals surface area contributed by atoms with E-state index in [9.17, 15) is 14.4 Å². The van der Waals surface area contributed by atoms with Crippen molar-refractivity contribution in [2.24, 2.45) is 44.8 Å². The van der Waals surface area contributed by atoms with Gasteiger partial charge >= 0.3 is 18.2 Å². The van der Waals surface area contributed by atoms with Gasteiger partial charge in [0, 0.05) is 39.0 Å². The summed E-state index contributed by atoms with van der Waals surface area (Å²) in [6.07, 6.45) is 7.99. The van der Waals surface area contributed by atoms with Crippen molar-refractivity contribution < 1.29 is 28.6 Å². The van der Waals surface area contributed by atoms with E-state index in [4.69, 9.17) is 14.2 Å². The standard InChI is InChI=1S/C38H64N2O6/c1-23(39(13)30(42)45-32(3,4)5)29-25(44-24(2)41)21-36(12)27-16-15-26-34(9,10)28(40(14)31(43)46-33(6,7)8)17-18-37(26)22-38(27,37)20-19-35(29,36)11/h23,25-29H,15-22H2,1-14H3/t23-,25+,26-,27-,28-,29?,35+,36-,37+,38-/m0/s1. The van der Waals surface area contributed by atoms with Crippen LogP contribution in [0.5, 0.6) is 0 Å². The lowest BCUT2D eigenvalue weighted by atomic mass is 9.41. The zero-order chi connectivity index (χ0) is 34.6. The molecule has 2 spiro atoms. The molecular formula is C38H64N2O6. The van der Waals surface area contributed by atoms with Gasteiger partial charge in [0.15, 0.2) is 0 Å². The smallest absolute Gasteiger partial charge is 0.410 e. The molecule has 8 heteroatoms. The van der Waals surface area contributed by atoms with Crippen LogP contribution in [0.25, 0.3) is 0 Å². The van der Waals surface area contributed by atoms with E-state index in [0.717, 1.165) is 38.5 Å². The number of carbonyl (C=O) groups excluding carboxylic acids is 3. The van der Waals surface area contributed by atoms with E-state index in [-0.39, 0.29) is 63.9 Å². The lowest BCUT2D eigenvalue weighted by molar-refractivity contribution is -0.155. The van der Waals surface area contributed by atoms with Gasteiger partial charge in [-0.2, -0.15) is 0 Å². The first kappa shape index (κ1) is 35.3. The highest BCUT2D eigenvalue weighted by molar-refractivity contribution is 5.69. The zero-order valence-corrected chi connectivity index (χ0v) is 31.5. The fourth-order valence-corrected chi connectivity index (χ4v) is 12.5. The Kier molecular flexibility index (Phi) is 8.26. The van der Waals surface area contributed by atoms with Gasteiger partial charge < -0.3 is 24.0 Å². The number of hydrogen-bond donors (Lipinski definition) is 0. The maximum Gasteiger partial charge on any atom is 0.410 e. The molecule has 1 unspecified atom stereocenters. The number of ether oxygens (including phenoxy) is 3. The highest BCUT2D eigenvalue weighted by Crippen LogP contribution is 2.89. The number of fused-ring (bicyclic) bond motifs is 2. The summed E-state index contributed by atoms with van der Waals surface area (Å²) in [5.41, 5.74) is -0.671. The predicted molar refractivity (Wildman–Crippen MR) is 179 cm³/mol. The van der Waals surface area contributed by atoms with Crippen molar-refractivity contribution in [1.82, 2.24) is 9.80 Å². The largest absolute Gasteiger partial charge is 0.462 e. The molecule has 2 amide bonds. The Hall–Kier alpha value is -1.99. The van der Waals surface area contributed by atoms with E-state index in [1.165, 1.54) is 19.8 Å². The molecule has 5 aliphatic rings. The molecule has 46 heavy (non-hydrogen) atoms. The fraction of sp³-hybridized carbons (Fsp3) is 0.921. The van der Waals surface area contributed by atoms with Crippen molar-refractivity contribution in [1.29, 1.82) is 0 Å². The van der Waals surface area contributed by atoms with Crippen LogP contribution in [0.3, 0.4) is 0 Å². The Balaban J connectivity index is 1.44. The molecule has 0 aromatic rings. The average molecular weight is 645 g/mol.